The molecule has 1 saturated heterocycles. The van der Waals surface area contributed by atoms with E-state index in [1.165, 1.54) is 11.1 Å². The third kappa shape index (κ3) is 6.75. The number of rotatable bonds is 7. The number of amides is 2. The van der Waals surface area contributed by atoms with E-state index >= 15 is 0 Å². The number of carbonyl (C=O) groups is 2. The number of hydrogen-bond donors (Lipinski definition) is 1. The van der Waals surface area contributed by atoms with Crippen LogP contribution in [0.15, 0.2) is 24.3 Å². The van der Waals surface area contributed by atoms with Gasteiger partial charge in [0.2, 0.25) is 11.8 Å². The molecular formula is C21H30BN3O2. The van der Waals surface area contributed by atoms with E-state index < -0.39 is 0 Å². The molecule has 2 amide bonds. The van der Waals surface area contributed by atoms with Gasteiger partial charge in [-0.1, -0.05) is 43.5 Å². The Morgan fingerprint density at radius 1 is 1.33 bits per heavy atom. The molecule has 1 aliphatic heterocycles. The molecule has 0 aliphatic carbocycles. The summed E-state index contributed by atoms with van der Waals surface area (Å²) in [6.45, 7) is 7.94. The molecule has 1 N–H and O–H groups in total. The zero-order chi connectivity index (χ0) is 19.8. The molecule has 144 valence electrons. The van der Waals surface area contributed by atoms with E-state index in [0.717, 1.165) is 19.3 Å². The second kappa shape index (κ2) is 10.2. The van der Waals surface area contributed by atoms with E-state index in [9.17, 15) is 9.59 Å². The molecular weight excluding hydrogens is 337 g/mol. The maximum absolute atomic E-state index is 12.6. The van der Waals surface area contributed by atoms with E-state index in [1.807, 2.05) is 6.07 Å². The first-order chi connectivity index (χ1) is 12.9. The Hall–Kier alpha value is -2.29. The third-order valence-electron chi connectivity index (χ3n) is 5.30. The quantitative estimate of drug-likeness (QED) is 0.753. The standard InChI is InChI=1S/C21H30BN3O2/c1-16-6-8-17(9-7-16)13-19(22(2)3)24-20(26)14-18-5-4-12-25(15-18)21(27)10-11-23/h6-9,18-19H,4-5,10,12-15H2,1-3H3,(H,24,26). The first-order valence-electron chi connectivity index (χ1n) is 9.88. The monoisotopic (exact) mass is 367 g/mol. The lowest BCUT2D eigenvalue weighted by Gasteiger charge is -2.32. The van der Waals surface area contributed by atoms with Crippen molar-refractivity contribution in [1.29, 1.82) is 5.26 Å². The van der Waals surface area contributed by atoms with Gasteiger partial charge in [-0.2, -0.15) is 5.26 Å². The Labute approximate surface area is 163 Å². The van der Waals surface area contributed by atoms with Gasteiger partial charge in [0.15, 0.2) is 6.71 Å². The average Bonchev–Trinajstić information content (AvgIpc) is 2.63. The third-order valence-corrected chi connectivity index (χ3v) is 5.30. The zero-order valence-corrected chi connectivity index (χ0v) is 16.7. The first kappa shape index (κ1) is 21.0. The number of hydrogen-bond acceptors (Lipinski definition) is 3. The molecule has 0 spiro atoms. The highest BCUT2D eigenvalue weighted by molar-refractivity contribution is 6.57. The van der Waals surface area contributed by atoms with E-state index in [-0.39, 0.29) is 30.1 Å². The van der Waals surface area contributed by atoms with Crippen LogP contribution in [0.25, 0.3) is 0 Å². The Kier molecular flexibility index (Phi) is 7.90. The topological polar surface area (TPSA) is 73.2 Å². The molecule has 6 heteroatoms. The smallest absolute Gasteiger partial charge is 0.236 e. The van der Waals surface area contributed by atoms with Crippen molar-refractivity contribution in [2.75, 3.05) is 13.1 Å². The van der Waals surface area contributed by atoms with Gasteiger partial charge in [0.25, 0.3) is 0 Å². The van der Waals surface area contributed by atoms with Crippen LogP contribution in [-0.2, 0) is 16.0 Å². The molecule has 2 rings (SSSR count). The molecule has 2 atom stereocenters. The van der Waals surface area contributed by atoms with Gasteiger partial charge in [-0.3, -0.25) is 9.59 Å². The molecule has 1 heterocycles. The van der Waals surface area contributed by atoms with Crippen molar-refractivity contribution < 1.29 is 9.59 Å². The summed E-state index contributed by atoms with van der Waals surface area (Å²) in [6, 6.07) is 10.4. The van der Waals surface area contributed by atoms with Crippen LogP contribution < -0.4 is 5.32 Å². The summed E-state index contributed by atoms with van der Waals surface area (Å²) in [5.41, 5.74) is 2.46. The number of nitrogens with one attached hydrogen (secondary N) is 1. The number of likely N-dealkylation sites (tertiary alicyclic amines) is 1. The Balaban J connectivity index is 1.88. The number of nitrogens with zero attached hydrogens (tertiary/aromatic N) is 2. The number of nitriles is 1. The van der Waals surface area contributed by atoms with Crippen molar-refractivity contribution in [3.8, 4) is 6.07 Å². The number of aryl methyl sites for hydroxylation is 1. The zero-order valence-electron chi connectivity index (χ0n) is 16.7. The lowest BCUT2D eigenvalue weighted by atomic mass is 9.47. The van der Waals surface area contributed by atoms with Gasteiger partial charge in [0.1, 0.15) is 6.42 Å². The van der Waals surface area contributed by atoms with Crippen molar-refractivity contribution in [2.45, 2.75) is 58.6 Å². The highest BCUT2D eigenvalue weighted by atomic mass is 16.2. The summed E-state index contributed by atoms with van der Waals surface area (Å²) in [5.74, 6) is 0.205. The van der Waals surface area contributed by atoms with Gasteiger partial charge in [-0.15, -0.1) is 0 Å². The van der Waals surface area contributed by atoms with Gasteiger partial charge in [-0.25, -0.2) is 0 Å². The predicted molar refractivity (Wildman–Crippen MR) is 108 cm³/mol. The van der Waals surface area contributed by atoms with E-state index in [2.05, 4.69) is 50.2 Å². The minimum atomic E-state index is -0.123. The lowest BCUT2D eigenvalue weighted by Crippen LogP contribution is -2.46. The molecule has 2 unspecified atom stereocenters. The fourth-order valence-corrected chi connectivity index (χ4v) is 3.60. The Morgan fingerprint density at radius 2 is 2.04 bits per heavy atom. The van der Waals surface area contributed by atoms with Crippen LogP contribution in [0.3, 0.4) is 0 Å². The largest absolute Gasteiger partial charge is 0.360 e. The second-order valence-electron chi connectivity index (χ2n) is 7.99. The minimum Gasteiger partial charge on any atom is -0.360 e. The highest BCUT2D eigenvalue weighted by Gasteiger charge is 2.26. The second-order valence-corrected chi connectivity index (χ2v) is 7.99. The highest BCUT2D eigenvalue weighted by Crippen LogP contribution is 2.20. The Morgan fingerprint density at radius 3 is 2.67 bits per heavy atom. The van der Waals surface area contributed by atoms with Crippen LogP contribution in [0.1, 0.15) is 36.8 Å². The summed E-state index contributed by atoms with van der Waals surface area (Å²) in [4.78, 5) is 26.3. The van der Waals surface area contributed by atoms with E-state index in [0.29, 0.717) is 26.2 Å². The van der Waals surface area contributed by atoms with E-state index in [4.69, 9.17) is 5.26 Å². The van der Waals surface area contributed by atoms with Gasteiger partial charge in [0.05, 0.1) is 6.07 Å². The van der Waals surface area contributed by atoms with Crippen molar-refractivity contribution in [3.05, 3.63) is 35.4 Å². The SMILES string of the molecule is CB(C)C(Cc1ccc(C)cc1)NC(=O)CC1CCCN(C(=O)CC#N)C1. The van der Waals surface area contributed by atoms with Crippen LogP contribution in [0.2, 0.25) is 13.6 Å². The molecule has 1 aromatic rings. The molecule has 1 fully saturated rings. The van der Waals surface area contributed by atoms with Crippen LogP contribution in [0.4, 0.5) is 0 Å². The van der Waals surface area contributed by atoms with Gasteiger partial charge >= 0.3 is 0 Å². The molecule has 0 saturated carbocycles. The van der Waals surface area contributed by atoms with Gasteiger partial charge in [0, 0.05) is 25.5 Å². The van der Waals surface area contributed by atoms with Gasteiger partial charge < -0.3 is 10.2 Å². The molecule has 5 nitrogen and oxygen atoms in total. The van der Waals surface area contributed by atoms with Crippen molar-refractivity contribution >= 4 is 18.5 Å². The van der Waals surface area contributed by atoms with Crippen LogP contribution in [0.5, 0.6) is 0 Å². The fraction of sp³-hybridized carbons (Fsp3) is 0.571. The van der Waals surface area contributed by atoms with Crippen LogP contribution in [0, 0.1) is 24.2 Å². The molecule has 27 heavy (non-hydrogen) atoms. The molecule has 1 aliphatic rings. The van der Waals surface area contributed by atoms with Crippen LogP contribution >= 0.6 is 0 Å². The van der Waals surface area contributed by atoms with Crippen molar-refractivity contribution in [2.24, 2.45) is 5.92 Å². The summed E-state index contributed by atoms with van der Waals surface area (Å²) in [6.07, 6.45) is 3.03. The number of carbonyl (C=O) groups excluding carboxylic acids is 2. The van der Waals surface area contributed by atoms with Crippen LogP contribution in [-0.4, -0.2) is 42.5 Å². The molecule has 0 bridgehead atoms. The number of benzene rings is 1. The summed E-state index contributed by atoms with van der Waals surface area (Å²) in [5, 5.41) is 11.9. The summed E-state index contributed by atoms with van der Waals surface area (Å²) >= 11 is 0. The predicted octanol–water partition coefficient (Wildman–Crippen LogP) is 2.86. The van der Waals surface area contributed by atoms with Gasteiger partial charge in [-0.05, 0) is 37.7 Å². The molecule has 0 radical (unpaired) electrons. The molecule has 1 aromatic carbocycles. The summed E-state index contributed by atoms with van der Waals surface area (Å²) < 4.78 is 0. The van der Waals surface area contributed by atoms with E-state index in [1.54, 1.807) is 4.90 Å². The average molecular weight is 367 g/mol. The Bertz CT molecular complexity index is 682. The van der Waals surface area contributed by atoms with Crippen molar-refractivity contribution in [3.63, 3.8) is 0 Å². The van der Waals surface area contributed by atoms with Crippen molar-refractivity contribution in [1.82, 2.24) is 10.2 Å². The summed E-state index contributed by atoms with van der Waals surface area (Å²) in [7, 11) is 0. The molecule has 0 aromatic heterocycles. The maximum Gasteiger partial charge on any atom is 0.236 e. The normalized spacial score (nSPS) is 17.7. The minimum absolute atomic E-state index is 0.0559. The lowest BCUT2D eigenvalue weighted by molar-refractivity contribution is -0.133. The fourth-order valence-electron chi connectivity index (χ4n) is 3.60. The first-order valence-corrected chi connectivity index (χ1v) is 9.88. The maximum atomic E-state index is 12.6. The number of piperidine rings is 1.